The van der Waals surface area contributed by atoms with E-state index in [2.05, 4.69) is 41.5 Å². The summed E-state index contributed by atoms with van der Waals surface area (Å²) in [5.74, 6) is 0.673. The lowest BCUT2D eigenvalue weighted by molar-refractivity contribution is 0.208. The summed E-state index contributed by atoms with van der Waals surface area (Å²) in [7, 11) is 0. The average Bonchev–Trinajstić information content (AvgIpc) is 2.42. The SMILES string of the molecule is Cc1ccc(CNCC(C)Oc2ccccn2)cc1.Cl. The van der Waals surface area contributed by atoms with Crippen LogP contribution in [0.1, 0.15) is 18.1 Å². The summed E-state index contributed by atoms with van der Waals surface area (Å²) in [6, 6.07) is 14.2. The molecule has 108 valence electrons. The summed E-state index contributed by atoms with van der Waals surface area (Å²) in [4.78, 5) is 4.14. The standard InChI is InChI=1S/C16H20N2O.ClH/c1-13-6-8-15(9-7-13)12-17-11-14(2)19-16-5-3-4-10-18-16;/h3-10,14,17H,11-12H2,1-2H3;1H. The van der Waals surface area contributed by atoms with E-state index in [1.807, 2.05) is 25.1 Å². The van der Waals surface area contributed by atoms with Crippen molar-refractivity contribution >= 4 is 12.4 Å². The monoisotopic (exact) mass is 292 g/mol. The van der Waals surface area contributed by atoms with Crippen LogP contribution in [0.25, 0.3) is 0 Å². The molecule has 1 N–H and O–H groups in total. The van der Waals surface area contributed by atoms with E-state index in [4.69, 9.17) is 4.74 Å². The molecule has 0 bridgehead atoms. The smallest absolute Gasteiger partial charge is 0.213 e. The Morgan fingerprint density at radius 2 is 1.90 bits per heavy atom. The van der Waals surface area contributed by atoms with Crippen molar-refractivity contribution < 1.29 is 4.74 Å². The fourth-order valence-corrected chi connectivity index (χ4v) is 1.79. The first-order chi connectivity index (χ1) is 9.24. The van der Waals surface area contributed by atoms with Gasteiger partial charge < -0.3 is 10.1 Å². The van der Waals surface area contributed by atoms with E-state index in [0.717, 1.165) is 13.1 Å². The van der Waals surface area contributed by atoms with Gasteiger partial charge in [-0.15, -0.1) is 12.4 Å². The van der Waals surface area contributed by atoms with Crippen LogP contribution >= 0.6 is 12.4 Å². The normalized spacial score (nSPS) is 11.5. The van der Waals surface area contributed by atoms with E-state index in [1.165, 1.54) is 11.1 Å². The lowest BCUT2D eigenvalue weighted by Gasteiger charge is -2.14. The zero-order valence-corrected chi connectivity index (χ0v) is 12.7. The summed E-state index contributed by atoms with van der Waals surface area (Å²) in [5, 5.41) is 3.39. The van der Waals surface area contributed by atoms with Gasteiger partial charge in [0.05, 0.1) is 0 Å². The molecule has 1 heterocycles. The van der Waals surface area contributed by atoms with E-state index in [0.29, 0.717) is 5.88 Å². The molecule has 0 fully saturated rings. The number of nitrogens with one attached hydrogen (secondary N) is 1. The van der Waals surface area contributed by atoms with Gasteiger partial charge in [0.25, 0.3) is 0 Å². The van der Waals surface area contributed by atoms with E-state index in [9.17, 15) is 0 Å². The molecule has 2 aromatic rings. The maximum Gasteiger partial charge on any atom is 0.213 e. The summed E-state index contributed by atoms with van der Waals surface area (Å²) < 4.78 is 5.70. The van der Waals surface area contributed by atoms with Gasteiger partial charge in [0, 0.05) is 25.4 Å². The van der Waals surface area contributed by atoms with Crippen molar-refractivity contribution in [2.24, 2.45) is 0 Å². The van der Waals surface area contributed by atoms with Gasteiger partial charge >= 0.3 is 0 Å². The van der Waals surface area contributed by atoms with Gasteiger partial charge in [-0.25, -0.2) is 4.98 Å². The lowest BCUT2D eigenvalue weighted by atomic mass is 10.1. The fourth-order valence-electron chi connectivity index (χ4n) is 1.79. The number of hydrogen-bond donors (Lipinski definition) is 1. The lowest BCUT2D eigenvalue weighted by Crippen LogP contribution is -2.28. The molecule has 3 nitrogen and oxygen atoms in total. The van der Waals surface area contributed by atoms with Gasteiger partial charge in [0.15, 0.2) is 0 Å². The van der Waals surface area contributed by atoms with Crippen LogP contribution in [0.5, 0.6) is 5.88 Å². The maximum atomic E-state index is 5.70. The topological polar surface area (TPSA) is 34.1 Å². The average molecular weight is 293 g/mol. The molecule has 0 radical (unpaired) electrons. The maximum absolute atomic E-state index is 5.70. The molecule has 0 spiro atoms. The zero-order valence-electron chi connectivity index (χ0n) is 11.9. The van der Waals surface area contributed by atoms with Gasteiger partial charge in [0.2, 0.25) is 5.88 Å². The Labute approximate surface area is 126 Å². The van der Waals surface area contributed by atoms with Crippen molar-refractivity contribution in [2.75, 3.05) is 6.54 Å². The Hall–Kier alpha value is -1.58. The van der Waals surface area contributed by atoms with Crippen LogP contribution in [-0.2, 0) is 6.54 Å². The third-order valence-electron chi connectivity index (χ3n) is 2.84. The molecule has 1 aromatic heterocycles. The Kier molecular flexibility index (Phi) is 7.05. The summed E-state index contributed by atoms with van der Waals surface area (Å²) in [5.41, 5.74) is 2.58. The molecule has 0 amide bonds. The first-order valence-corrected chi connectivity index (χ1v) is 6.58. The summed E-state index contributed by atoms with van der Waals surface area (Å²) in [6.07, 6.45) is 1.84. The Bertz CT molecular complexity index is 488. The first-order valence-electron chi connectivity index (χ1n) is 6.58. The highest BCUT2D eigenvalue weighted by molar-refractivity contribution is 5.85. The molecular formula is C16H21ClN2O. The molecule has 1 aromatic carbocycles. The highest BCUT2D eigenvalue weighted by Crippen LogP contribution is 2.06. The number of aromatic nitrogens is 1. The van der Waals surface area contributed by atoms with Gasteiger partial charge in [-0.2, -0.15) is 0 Å². The van der Waals surface area contributed by atoms with Gasteiger partial charge in [-0.3, -0.25) is 0 Å². The highest BCUT2D eigenvalue weighted by atomic mass is 35.5. The number of halogens is 1. The van der Waals surface area contributed by atoms with Crippen LogP contribution in [0.2, 0.25) is 0 Å². The van der Waals surface area contributed by atoms with Gasteiger partial charge in [-0.1, -0.05) is 35.9 Å². The van der Waals surface area contributed by atoms with E-state index in [1.54, 1.807) is 6.20 Å². The largest absolute Gasteiger partial charge is 0.473 e. The Morgan fingerprint density at radius 3 is 2.55 bits per heavy atom. The number of aryl methyl sites for hydroxylation is 1. The van der Waals surface area contributed by atoms with E-state index >= 15 is 0 Å². The Balaban J connectivity index is 0.00000200. The summed E-state index contributed by atoms with van der Waals surface area (Å²) >= 11 is 0. The molecule has 0 saturated heterocycles. The van der Waals surface area contributed by atoms with Crippen molar-refractivity contribution in [3.63, 3.8) is 0 Å². The van der Waals surface area contributed by atoms with Crippen molar-refractivity contribution in [1.29, 1.82) is 0 Å². The second-order valence-corrected chi connectivity index (χ2v) is 4.71. The molecule has 1 unspecified atom stereocenters. The third-order valence-corrected chi connectivity index (χ3v) is 2.84. The molecule has 20 heavy (non-hydrogen) atoms. The quantitative estimate of drug-likeness (QED) is 0.886. The van der Waals surface area contributed by atoms with E-state index < -0.39 is 0 Å². The minimum absolute atomic E-state index is 0. The molecule has 0 aliphatic rings. The molecule has 0 aliphatic heterocycles. The first kappa shape index (κ1) is 16.5. The second kappa shape index (κ2) is 8.56. The number of nitrogens with zero attached hydrogens (tertiary/aromatic N) is 1. The van der Waals surface area contributed by atoms with Crippen LogP contribution in [0, 0.1) is 6.92 Å². The van der Waals surface area contributed by atoms with E-state index in [-0.39, 0.29) is 18.5 Å². The fraction of sp³-hybridized carbons (Fsp3) is 0.312. The molecule has 1 atom stereocenters. The van der Waals surface area contributed by atoms with Gasteiger partial charge in [-0.05, 0) is 25.5 Å². The minimum atomic E-state index is 0. The number of ether oxygens (including phenoxy) is 1. The summed E-state index contributed by atoms with van der Waals surface area (Å²) in [6.45, 7) is 5.79. The molecule has 0 aliphatic carbocycles. The molecular weight excluding hydrogens is 272 g/mol. The van der Waals surface area contributed by atoms with Crippen LogP contribution in [0.3, 0.4) is 0 Å². The molecule has 0 saturated carbocycles. The van der Waals surface area contributed by atoms with Crippen LogP contribution in [0.4, 0.5) is 0 Å². The minimum Gasteiger partial charge on any atom is -0.473 e. The number of benzene rings is 1. The van der Waals surface area contributed by atoms with Crippen molar-refractivity contribution in [3.8, 4) is 5.88 Å². The van der Waals surface area contributed by atoms with Crippen LogP contribution in [-0.4, -0.2) is 17.6 Å². The number of rotatable bonds is 6. The zero-order chi connectivity index (χ0) is 13.5. The predicted molar refractivity (Wildman–Crippen MR) is 84.5 cm³/mol. The number of hydrogen-bond acceptors (Lipinski definition) is 3. The highest BCUT2D eigenvalue weighted by Gasteiger charge is 2.03. The van der Waals surface area contributed by atoms with Crippen molar-refractivity contribution in [1.82, 2.24) is 10.3 Å². The molecule has 2 rings (SSSR count). The number of pyridine rings is 1. The van der Waals surface area contributed by atoms with Crippen LogP contribution < -0.4 is 10.1 Å². The predicted octanol–water partition coefficient (Wildman–Crippen LogP) is 3.37. The third kappa shape index (κ3) is 5.59. The Morgan fingerprint density at radius 1 is 1.15 bits per heavy atom. The van der Waals surface area contributed by atoms with Gasteiger partial charge in [0.1, 0.15) is 6.10 Å². The van der Waals surface area contributed by atoms with Crippen molar-refractivity contribution in [2.45, 2.75) is 26.5 Å². The second-order valence-electron chi connectivity index (χ2n) is 4.71. The van der Waals surface area contributed by atoms with Crippen molar-refractivity contribution in [3.05, 3.63) is 59.8 Å². The van der Waals surface area contributed by atoms with Crippen LogP contribution in [0.15, 0.2) is 48.7 Å². The molecule has 4 heteroatoms.